The summed E-state index contributed by atoms with van der Waals surface area (Å²) in [6.45, 7) is 2.26. The average Bonchev–Trinajstić information content (AvgIpc) is 2.33. The van der Waals surface area contributed by atoms with Gasteiger partial charge in [0.2, 0.25) is 0 Å². The summed E-state index contributed by atoms with van der Waals surface area (Å²) in [6.07, 6.45) is 6.83. The minimum Gasteiger partial charge on any atom is -0.0805 e. The van der Waals surface area contributed by atoms with E-state index in [9.17, 15) is 0 Å². The zero-order valence-electron chi connectivity index (χ0n) is 4.39. The van der Waals surface area contributed by atoms with Crippen LogP contribution in [0, 0.1) is 11.8 Å². The van der Waals surface area contributed by atoms with Gasteiger partial charge >= 0.3 is 0 Å². The van der Waals surface area contributed by atoms with Crippen molar-refractivity contribution in [3.63, 3.8) is 0 Å². The summed E-state index contributed by atoms with van der Waals surface area (Å²) >= 11 is 0. The Bertz CT molecular complexity index is 151. The van der Waals surface area contributed by atoms with Gasteiger partial charge in [-0.15, -0.1) is 0 Å². The van der Waals surface area contributed by atoms with Crippen LogP contribution in [0.15, 0.2) is 23.8 Å². The van der Waals surface area contributed by atoms with Gasteiger partial charge in [0.15, 0.2) is 0 Å². The van der Waals surface area contributed by atoms with Crippen LogP contribution < -0.4 is 0 Å². The van der Waals surface area contributed by atoms with Crippen LogP contribution >= 0.6 is 0 Å². The van der Waals surface area contributed by atoms with Crippen molar-refractivity contribution in [1.29, 1.82) is 0 Å². The molecule has 0 fully saturated rings. The van der Waals surface area contributed by atoms with E-state index in [0.717, 1.165) is 11.8 Å². The molecular weight excluding hydrogens is 84.1 g/mol. The van der Waals surface area contributed by atoms with Crippen LogP contribution in [-0.2, 0) is 0 Å². The SMILES string of the molecule is C[C@H]1C=CC2=CC21. The third-order valence-electron chi connectivity index (χ3n) is 1.81. The predicted octanol–water partition coefficient (Wildman–Crippen LogP) is 1.75. The molecule has 7 heavy (non-hydrogen) atoms. The van der Waals surface area contributed by atoms with Crippen molar-refractivity contribution in [3.8, 4) is 0 Å². The standard InChI is InChI=1S/C7H8/c1-5-2-3-6-4-7(5)6/h2-5,7H,1H3/t5-,7?/m0/s1. The van der Waals surface area contributed by atoms with Gasteiger partial charge in [-0.25, -0.2) is 0 Å². The molecule has 0 aromatic rings. The van der Waals surface area contributed by atoms with Crippen molar-refractivity contribution in [2.24, 2.45) is 11.8 Å². The Kier molecular flexibility index (Phi) is 0.415. The van der Waals surface area contributed by atoms with E-state index < -0.39 is 0 Å². The van der Waals surface area contributed by atoms with Crippen LogP contribution in [0.25, 0.3) is 0 Å². The second-order valence-electron chi connectivity index (χ2n) is 2.41. The quantitative estimate of drug-likeness (QED) is 0.427. The maximum Gasteiger partial charge on any atom is 0.00812 e. The molecule has 0 heteroatoms. The van der Waals surface area contributed by atoms with E-state index in [4.69, 9.17) is 0 Å². The first kappa shape index (κ1) is 3.48. The van der Waals surface area contributed by atoms with Crippen molar-refractivity contribution in [1.82, 2.24) is 0 Å². The van der Waals surface area contributed by atoms with Crippen molar-refractivity contribution in [3.05, 3.63) is 23.8 Å². The molecule has 0 radical (unpaired) electrons. The number of fused-ring (bicyclic) bond motifs is 1. The Morgan fingerprint density at radius 1 is 1.57 bits per heavy atom. The van der Waals surface area contributed by atoms with Crippen molar-refractivity contribution in [2.45, 2.75) is 6.92 Å². The van der Waals surface area contributed by atoms with Gasteiger partial charge in [-0.2, -0.15) is 0 Å². The first-order valence-electron chi connectivity index (χ1n) is 2.78. The minimum atomic E-state index is 0.815. The van der Waals surface area contributed by atoms with Gasteiger partial charge in [0.1, 0.15) is 0 Å². The highest BCUT2D eigenvalue weighted by molar-refractivity contribution is 5.46. The van der Waals surface area contributed by atoms with Crippen LogP contribution in [0.1, 0.15) is 6.92 Å². The second kappa shape index (κ2) is 0.835. The molecule has 0 N–H and O–H groups in total. The lowest BCUT2D eigenvalue weighted by molar-refractivity contribution is 0.685. The van der Waals surface area contributed by atoms with Crippen LogP contribution in [0.5, 0.6) is 0 Å². The van der Waals surface area contributed by atoms with Gasteiger partial charge in [-0.1, -0.05) is 25.2 Å². The lowest BCUT2D eigenvalue weighted by Crippen LogP contribution is -1.87. The highest BCUT2D eigenvalue weighted by atomic mass is 14.3. The zero-order chi connectivity index (χ0) is 4.85. The molecule has 0 spiro atoms. The molecule has 0 heterocycles. The third-order valence-corrected chi connectivity index (χ3v) is 1.81. The zero-order valence-corrected chi connectivity index (χ0v) is 4.39. The van der Waals surface area contributed by atoms with E-state index in [1.54, 1.807) is 5.57 Å². The Hall–Kier alpha value is -0.520. The number of hydrogen-bond donors (Lipinski definition) is 0. The minimum absolute atomic E-state index is 0.815. The Labute approximate surface area is 43.5 Å². The van der Waals surface area contributed by atoms with Crippen molar-refractivity contribution in [2.75, 3.05) is 0 Å². The summed E-state index contributed by atoms with van der Waals surface area (Å²) in [5.41, 5.74) is 1.56. The van der Waals surface area contributed by atoms with Crippen molar-refractivity contribution < 1.29 is 0 Å². The van der Waals surface area contributed by atoms with Crippen LogP contribution in [0.4, 0.5) is 0 Å². The van der Waals surface area contributed by atoms with Gasteiger partial charge in [-0.05, 0) is 11.5 Å². The Balaban J connectivity index is 2.31. The molecule has 2 aliphatic carbocycles. The van der Waals surface area contributed by atoms with Gasteiger partial charge in [-0.3, -0.25) is 0 Å². The lowest BCUT2D eigenvalue weighted by Gasteiger charge is -1.94. The highest BCUT2D eigenvalue weighted by Gasteiger charge is 2.30. The fraction of sp³-hybridized carbons (Fsp3) is 0.429. The van der Waals surface area contributed by atoms with E-state index in [1.165, 1.54) is 0 Å². The van der Waals surface area contributed by atoms with Crippen LogP contribution in [-0.4, -0.2) is 0 Å². The lowest BCUT2D eigenvalue weighted by atomic mass is 10.1. The van der Waals surface area contributed by atoms with E-state index in [0.29, 0.717) is 0 Å². The molecule has 36 valence electrons. The molecule has 0 aliphatic heterocycles. The Morgan fingerprint density at radius 2 is 2.43 bits per heavy atom. The third kappa shape index (κ3) is 0.317. The maximum absolute atomic E-state index is 2.32. The molecule has 1 unspecified atom stereocenters. The predicted molar refractivity (Wildman–Crippen MR) is 29.9 cm³/mol. The van der Waals surface area contributed by atoms with E-state index in [-0.39, 0.29) is 0 Å². The van der Waals surface area contributed by atoms with Gasteiger partial charge in [0, 0.05) is 5.92 Å². The van der Waals surface area contributed by atoms with Crippen molar-refractivity contribution >= 4 is 0 Å². The molecule has 2 aliphatic rings. The van der Waals surface area contributed by atoms with E-state index >= 15 is 0 Å². The molecule has 0 aromatic carbocycles. The summed E-state index contributed by atoms with van der Waals surface area (Å²) in [5.74, 6) is 1.68. The first-order chi connectivity index (χ1) is 3.38. The molecule has 0 saturated carbocycles. The molecule has 0 bridgehead atoms. The number of allylic oxidation sites excluding steroid dienone is 4. The molecule has 0 amide bonds. The van der Waals surface area contributed by atoms with Gasteiger partial charge in [0.25, 0.3) is 0 Å². The summed E-state index contributed by atoms with van der Waals surface area (Å²) in [7, 11) is 0. The second-order valence-corrected chi connectivity index (χ2v) is 2.41. The fourth-order valence-corrected chi connectivity index (χ4v) is 1.16. The Morgan fingerprint density at radius 3 is 2.57 bits per heavy atom. The number of rotatable bonds is 0. The van der Waals surface area contributed by atoms with Gasteiger partial charge < -0.3 is 0 Å². The molecule has 2 rings (SSSR count). The van der Waals surface area contributed by atoms with Crippen LogP contribution in [0.2, 0.25) is 0 Å². The van der Waals surface area contributed by atoms with E-state index in [1.807, 2.05) is 0 Å². The molecule has 2 atom stereocenters. The fourth-order valence-electron chi connectivity index (χ4n) is 1.16. The van der Waals surface area contributed by atoms with Crippen LogP contribution in [0.3, 0.4) is 0 Å². The maximum atomic E-state index is 2.32. The van der Waals surface area contributed by atoms with Gasteiger partial charge in [0.05, 0.1) is 0 Å². The molecule has 0 aromatic heterocycles. The topological polar surface area (TPSA) is 0 Å². The molecular formula is C7H8. The largest absolute Gasteiger partial charge is 0.0805 e. The highest BCUT2D eigenvalue weighted by Crippen LogP contribution is 2.42. The molecule has 0 nitrogen and oxygen atoms in total. The molecule has 0 saturated heterocycles. The summed E-state index contributed by atoms with van der Waals surface area (Å²) in [6, 6.07) is 0. The summed E-state index contributed by atoms with van der Waals surface area (Å²) in [4.78, 5) is 0. The summed E-state index contributed by atoms with van der Waals surface area (Å²) in [5, 5.41) is 0. The summed E-state index contributed by atoms with van der Waals surface area (Å²) < 4.78 is 0. The van der Waals surface area contributed by atoms with E-state index in [2.05, 4.69) is 25.2 Å². The smallest absolute Gasteiger partial charge is 0.00812 e. The number of hydrogen-bond acceptors (Lipinski definition) is 0. The monoisotopic (exact) mass is 92.1 g/mol. The first-order valence-corrected chi connectivity index (χ1v) is 2.78. The average molecular weight is 92.1 g/mol. The normalized spacial score (nSPS) is 43.3.